The lowest BCUT2D eigenvalue weighted by molar-refractivity contribution is -0.117. The van der Waals surface area contributed by atoms with Gasteiger partial charge >= 0.3 is 0 Å². The van der Waals surface area contributed by atoms with Crippen LogP contribution in [0.15, 0.2) is 54.6 Å². The third kappa shape index (κ3) is 3.90. The van der Waals surface area contributed by atoms with Crippen LogP contribution in [0.2, 0.25) is 0 Å². The van der Waals surface area contributed by atoms with Gasteiger partial charge in [-0.15, -0.1) is 0 Å². The molecular weight excluding hydrogens is 236 g/mol. The third-order valence-electron chi connectivity index (χ3n) is 2.47. The van der Waals surface area contributed by atoms with Crippen LogP contribution >= 0.6 is 0 Å². The molecule has 0 bridgehead atoms. The number of nitrogens with one attached hydrogen (secondary N) is 1. The molecule has 0 saturated heterocycles. The molecule has 0 spiro atoms. The average Bonchev–Trinajstić information content (AvgIpc) is 2.41. The molecule has 2 rings (SSSR count). The van der Waals surface area contributed by atoms with Crippen molar-refractivity contribution in [2.75, 3.05) is 5.32 Å². The van der Waals surface area contributed by atoms with Crippen molar-refractivity contribution in [2.24, 2.45) is 5.73 Å². The number of primary amides is 1. The summed E-state index contributed by atoms with van der Waals surface area (Å²) in [4.78, 5) is 10.7. The highest BCUT2D eigenvalue weighted by Crippen LogP contribution is 2.19. The molecule has 0 unspecified atom stereocenters. The Morgan fingerprint density at radius 1 is 1.05 bits per heavy atom. The number of para-hydroxylation sites is 2. The summed E-state index contributed by atoms with van der Waals surface area (Å²) in [7, 11) is 0. The van der Waals surface area contributed by atoms with Crippen LogP contribution in [-0.2, 0) is 4.79 Å². The molecule has 0 aliphatic heterocycles. The largest absolute Gasteiger partial charge is 0.369 e. The van der Waals surface area contributed by atoms with Crippen molar-refractivity contribution in [3.63, 3.8) is 0 Å². The number of benzene rings is 2. The summed E-state index contributed by atoms with van der Waals surface area (Å²) in [6.07, 6.45) is 0.0691. The Balaban J connectivity index is 2.21. The van der Waals surface area contributed by atoms with E-state index >= 15 is 0 Å². The van der Waals surface area contributed by atoms with Crippen molar-refractivity contribution < 1.29 is 4.79 Å². The number of rotatable bonds is 3. The first-order valence-electron chi connectivity index (χ1n) is 5.94. The van der Waals surface area contributed by atoms with Gasteiger partial charge in [0.15, 0.2) is 0 Å². The molecule has 94 valence electrons. The normalized spacial score (nSPS) is 9.26. The van der Waals surface area contributed by atoms with E-state index in [0.717, 1.165) is 16.9 Å². The Hall–Kier alpha value is -2.73. The number of hydrogen-bond donors (Lipinski definition) is 2. The standard InChI is InChI=1S/C16H14N2O/c17-16(19)12-6-8-13-7-4-5-11-15(13)18-14-9-2-1-3-10-14/h1-5,7,9-11,18H,12H2,(H2,17,19). The van der Waals surface area contributed by atoms with E-state index in [9.17, 15) is 4.79 Å². The molecule has 0 saturated carbocycles. The summed E-state index contributed by atoms with van der Waals surface area (Å²) in [6, 6.07) is 17.5. The maximum atomic E-state index is 10.7. The zero-order valence-corrected chi connectivity index (χ0v) is 10.4. The minimum Gasteiger partial charge on any atom is -0.369 e. The van der Waals surface area contributed by atoms with E-state index in [0.29, 0.717) is 0 Å². The van der Waals surface area contributed by atoms with Crippen molar-refractivity contribution in [3.8, 4) is 11.8 Å². The van der Waals surface area contributed by atoms with Crippen LogP contribution in [0.25, 0.3) is 0 Å². The third-order valence-corrected chi connectivity index (χ3v) is 2.47. The zero-order valence-electron chi connectivity index (χ0n) is 10.4. The van der Waals surface area contributed by atoms with Crippen LogP contribution in [0.5, 0.6) is 0 Å². The lowest BCUT2D eigenvalue weighted by Gasteiger charge is -2.08. The molecule has 3 heteroatoms. The number of anilines is 2. The minimum absolute atomic E-state index is 0.0691. The number of hydrogen-bond acceptors (Lipinski definition) is 2. The second-order valence-electron chi connectivity index (χ2n) is 3.98. The van der Waals surface area contributed by atoms with Gasteiger partial charge in [-0.25, -0.2) is 0 Å². The quantitative estimate of drug-likeness (QED) is 0.823. The van der Waals surface area contributed by atoms with Gasteiger partial charge in [0.1, 0.15) is 0 Å². The summed E-state index contributed by atoms with van der Waals surface area (Å²) >= 11 is 0. The molecule has 2 aromatic rings. The Morgan fingerprint density at radius 3 is 2.47 bits per heavy atom. The van der Waals surface area contributed by atoms with E-state index in [2.05, 4.69) is 17.2 Å². The molecule has 0 aromatic heterocycles. The van der Waals surface area contributed by atoms with E-state index in [1.165, 1.54) is 0 Å². The highest BCUT2D eigenvalue weighted by atomic mass is 16.1. The Bertz CT molecular complexity index is 624. The summed E-state index contributed by atoms with van der Waals surface area (Å²) in [5, 5.41) is 3.29. The Kier molecular flexibility index (Phi) is 4.20. The van der Waals surface area contributed by atoms with Crippen LogP contribution in [0.4, 0.5) is 11.4 Å². The fourth-order valence-corrected chi connectivity index (χ4v) is 1.60. The van der Waals surface area contributed by atoms with Crippen molar-refractivity contribution in [1.29, 1.82) is 0 Å². The van der Waals surface area contributed by atoms with Gasteiger partial charge in [0.25, 0.3) is 0 Å². The first-order chi connectivity index (χ1) is 9.25. The average molecular weight is 250 g/mol. The number of amides is 1. The zero-order chi connectivity index (χ0) is 13.5. The summed E-state index contributed by atoms with van der Waals surface area (Å²) in [6.45, 7) is 0. The van der Waals surface area contributed by atoms with E-state index in [1.54, 1.807) is 0 Å². The fraction of sp³-hybridized carbons (Fsp3) is 0.0625. The van der Waals surface area contributed by atoms with Crippen LogP contribution in [0.3, 0.4) is 0 Å². The van der Waals surface area contributed by atoms with Crippen LogP contribution in [0.1, 0.15) is 12.0 Å². The predicted octanol–water partition coefficient (Wildman–Crippen LogP) is 2.66. The first-order valence-corrected chi connectivity index (χ1v) is 5.94. The van der Waals surface area contributed by atoms with Gasteiger partial charge in [0.05, 0.1) is 12.1 Å². The summed E-state index contributed by atoms with van der Waals surface area (Å²) in [5.41, 5.74) is 7.80. The van der Waals surface area contributed by atoms with Crippen molar-refractivity contribution in [1.82, 2.24) is 0 Å². The van der Waals surface area contributed by atoms with Crippen LogP contribution < -0.4 is 11.1 Å². The molecule has 19 heavy (non-hydrogen) atoms. The second-order valence-corrected chi connectivity index (χ2v) is 3.98. The molecule has 0 atom stereocenters. The van der Waals surface area contributed by atoms with E-state index in [-0.39, 0.29) is 6.42 Å². The van der Waals surface area contributed by atoms with Crippen molar-refractivity contribution in [2.45, 2.75) is 6.42 Å². The number of carbonyl (C=O) groups is 1. The molecule has 0 fully saturated rings. The van der Waals surface area contributed by atoms with Gasteiger partial charge in [-0.05, 0) is 24.3 Å². The lowest BCUT2D eigenvalue weighted by atomic mass is 10.1. The van der Waals surface area contributed by atoms with Crippen LogP contribution in [-0.4, -0.2) is 5.91 Å². The summed E-state index contributed by atoms with van der Waals surface area (Å²) < 4.78 is 0. The fourth-order valence-electron chi connectivity index (χ4n) is 1.60. The summed E-state index contributed by atoms with van der Waals surface area (Å²) in [5.74, 6) is 5.30. The maximum Gasteiger partial charge on any atom is 0.229 e. The molecule has 0 heterocycles. The number of nitrogens with two attached hydrogens (primary N) is 1. The number of carbonyl (C=O) groups excluding carboxylic acids is 1. The lowest BCUT2D eigenvalue weighted by Crippen LogP contribution is -2.08. The van der Waals surface area contributed by atoms with Gasteiger partial charge in [-0.1, -0.05) is 42.2 Å². The van der Waals surface area contributed by atoms with Gasteiger partial charge < -0.3 is 11.1 Å². The van der Waals surface area contributed by atoms with Crippen molar-refractivity contribution >= 4 is 17.3 Å². The highest BCUT2D eigenvalue weighted by Gasteiger charge is 1.99. The Labute approximate surface area is 112 Å². The van der Waals surface area contributed by atoms with Gasteiger partial charge in [-0.2, -0.15) is 0 Å². The predicted molar refractivity (Wildman–Crippen MR) is 76.9 cm³/mol. The molecule has 2 aromatic carbocycles. The second kappa shape index (κ2) is 6.27. The highest BCUT2D eigenvalue weighted by molar-refractivity contribution is 5.77. The van der Waals surface area contributed by atoms with E-state index in [1.807, 2.05) is 54.6 Å². The maximum absolute atomic E-state index is 10.7. The van der Waals surface area contributed by atoms with E-state index in [4.69, 9.17) is 5.73 Å². The van der Waals surface area contributed by atoms with Gasteiger partial charge in [-0.3, -0.25) is 4.79 Å². The topological polar surface area (TPSA) is 55.1 Å². The van der Waals surface area contributed by atoms with Gasteiger partial charge in [0.2, 0.25) is 5.91 Å². The molecular formula is C16H14N2O. The smallest absolute Gasteiger partial charge is 0.229 e. The van der Waals surface area contributed by atoms with E-state index < -0.39 is 5.91 Å². The van der Waals surface area contributed by atoms with Crippen molar-refractivity contribution in [3.05, 3.63) is 60.2 Å². The minimum atomic E-state index is -0.416. The molecule has 0 aliphatic rings. The molecule has 0 aliphatic carbocycles. The first kappa shape index (κ1) is 12.7. The monoisotopic (exact) mass is 250 g/mol. The molecule has 3 N–H and O–H groups in total. The molecule has 0 radical (unpaired) electrons. The Morgan fingerprint density at radius 2 is 1.74 bits per heavy atom. The SMILES string of the molecule is NC(=O)CC#Cc1ccccc1Nc1ccccc1. The molecule has 3 nitrogen and oxygen atoms in total. The van der Waals surface area contributed by atoms with Gasteiger partial charge in [0, 0.05) is 11.3 Å². The van der Waals surface area contributed by atoms with Crippen LogP contribution in [0, 0.1) is 11.8 Å². The molecule has 1 amide bonds.